The summed E-state index contributed by atoms with van der Waals surface area (Å²) in [5.74, 6) is 2.57. The van der Waals surface area contributed by atoms with Gasteiger partial charge in [-0.2, -0.15) is 0 Å². The first kappa shape index (κ1) is 24.1. The molecule has 7 heteroatoms. The van der Waals surface area contributed by atoms with Gasteiger partial charge in [0.2, 0.25) is 0 Å². The first-order valence-corrected chi connectivity index (χ1v) is 10.9. The number of aliphatic imine (C=N–C) groups is 1. The van der Waals surface area contributed by atoms with E-state index in [1.54, 1.807) is 14.2 Å². The van der Waals surface area contributed by atoms with E-state index >= 15 is 0 Å². The van der Waals surface area contributed by atoms with Crippen LogP contribution in [0, 0.1) is 5.41 Å². The molecule has 0 unspecified atom stereocenters. The van der Waals surface area contributed by atoms with Crippen molar-refractivity contribution in [1.29, 1.82) is 0 Å². The van der Waals surface area contributed by atoms with Gasteiger partial charge in [0.15, 0.2) is 5.96 Å². The van der Waals surface area contributed by atoms with Gasteiger partial charge in [-0.05, 0) is 39.3 Å². The van der Waals surface area contributed by atoms with E-state index in [1.807, 2.05) is 6.07 Å². The second-order valence-corrected chi connectivity index (χ2v) is 9.07. The van der Waals surface area contributed by atoms with Gasteiger partial charge in [0.05, 0.1) is 14.2 Å². The third kappa shape index (κ3) is 7.59. The largest absolute Gasteiger partial charge is 0.497 e. The lowest BCUT2D eigenvalue weighted by Gasteiger charge is -2.35. The summed E-state index contributed by atoms with van der Waals surface area (Å²) in [5, 5.41) is 7.06. The van der Waals surface area contributed by atoms with Gasteiger partial charge in [-0.15, -0.1) is 0 Å². The second-order valence-electron chi connectivity index (χ2n) is 9.07. The zero-order valence-corrected chi connectivity index (χ0v) is 19.9. The van der Waals surface area contributed by atoms with Crippen molar-refractivity contribution in [3.63, 3.8) is 0 Å². The first-order chi connectivity index (χ1) is 14.3. The molecular formula is C23H41N5O2. The molecule has 170 valence electrons. The number of nitrogens with zero attached hydrogens (tertiary/aromatic N) is 3. The number of methoxy groups -OCH3 is 2. The Kier molecular flexibility index (Phi) is 9.08. The second kappa shape index (κ2) is 11.3. The average Bonchev–Trinajstić information content (AvgIpc) is 2.71. The normalized spacial score (nSPS) is 16.0. The van der Waals surface area contributed by atoms with Crippen LogP contribution in [0.15, 0.2) is 23.2 Å². The van der Waals surface area contributed by atoms with E-state index in [9.17, 15) is 0 Å². The van der Waals surface area contributed by atoms with E-state index in [0.29, 0.717) is 6.04 Å². The van der Waals surface area contributed by atoms with Crippen LogP contribution < -0.4 is 25.0 Å². The van der Waals surface area contributed by atoms with E-state index in [4.69, 9.17) is 14.5 Å². The monoisotopic (exact) mass is 419 g/mol. The Labute approximate surface area is 182 Å². The van der Waals surface area contributed by atoms with Gasteiger partial charge < -0.3 is 29.9 Å². The molecule has 0 atom stereocenters. The molecule has 0 aromatic heterocycles. The Morgan fingerprint density at radius 2 is 1.73 bits per heavy atom. The number of guanidine groups is 1. The predicted octanol–water partition coefficient (Wildman–Crippen LogP) is 2.82. The maximum atomic E-state index is 5.42. The minimum Gasteiger partial charge on any atom is -0.497 e. The van der Waals surface area contributed by atoms with Gasteiger partial charge >= 0.3 is 0 Å². The van der Waals surface area contributed by atoms with Crippen molar-refractivity contribution >= 4 is 11.6 Å². The van der Waals surface area contributed by atoms with Gasteiger partial charge in [0.25, 0.3) is 0 Å². The number of piperidine rings is 1. The zero-order chi connectivity index (χ0) is 22.1. The summed E-state index contributed by atoms with van der Waals surface area (Å²) in [6, 6.07) is 6.49. The van der Waals surface area contributed by atoms with E-state index in [2.05, 4.69) is 67.4 Å². The lowest BCUT2D eigenvalue weighted by atomic mass is 9.93. The highest BCUT2D eigenvalue weighted by molar-refractivity contribution is 5.80. The van der Waals surface area contributed by atoms with E-state index in [-0.39, 0.29) is 5.41 Å². The van der Waals surface area contributed by atoms with Crippen LogP contribution in [0.25, 0.3) is 0 Å². The molecule has 0 aliphatic carbocycles. The van der Waals surface area contributed by atoms with Gasteiger partial charge in [0.1, 0.15) is 11.5 Å². The molecule has 0 amide bonds. The molecule has 0 saturated carbocycles. The van der Waals surface area contributed by atoms with Gasteiger partial charge in [0, 0.05) is 62.7 Å². The van der Waals surface area contributed by atoms with Crippen LogP contribution >= 0.6 is 0 Å². The molecule has 0 radical (unpaired) electrons. The molecule has 1 fully saturated rings. The Bertz CT molecular complexity index is 660. The van der Waals surface area contributed by atoms with Crippen molar-refractivity contribution in [2.75, 3.05) is 65.9 Å². The van der Waals surface area contributed by atoms with Crippen molar-refractivity contribution in [3.8, 4) is 11.5 Å². The zero-order valence-electron chi connectivity index (χ0n) is 19.9. The Morgan fingerprint density at radius 1 is 1.13 bits per heavy atom. The van der Waals surface area contributed by atoms with Crippen LogP contribution in [0.3, 0.4) is 0 Å². The average molecular weight is 420 g/mol. The fourth-order valence-electron chi connectivity index (χ4n) is 3.97. The van der Waals surface area contributed by atoms with Crippen LogP contribution in [0.1, 0.15) is 33.6 Å². The van der Waals surface area contributed by atoms with Crippen molar-refractivity contribution in [3.05, 3.63) is 18.2 Å². The number of rotatable bonds is 9. The predicted molar refractivity (Wildman–Crippen MR) is 126 cm³/mol. The molecule has 1 saturated heterocycles. The highest BCUT2D eigenvalue weighted by Gasteiger charge is 2.22. The third-order valence-corrected chi connectivity index (χ3v) is 5.29. The molecular weight excluding hydrogens is 378 g/mol. The summed E-state index contributed by atoms with van der Waals surface area (Å²) in [6.07, 6.45) is 2.12. The van der Waals surface area contributed by atoms with Crippen LogP contribution in [0.2, 0.25) is 0 Å². The van der Waals surface area contributed by atoms with E-state index in [1.165, 1.54) is 0 Å². The highest BCUT2D eigenvalue weighted by atomic mass is 16.5. The topological polar surface area (TPSA) is 61.4 Å². The SMILES string of the molecule is CCNC(=NCC(C)(C)CN(C)C)NC1CCN(c2cc(OC)cc(OC)c2)CC1. The van der Waals surface area contributed by atoms with Gasteiger partial charge in [-0.1, -0.05) is 13.8 Å². The molecule has 30 heavy (non-hydrogen) atoms. The Hall–Kier alpha value is -2.15. The molecule has 1 aromatic carbocycles. The summed E-state index contributed by atoms with van der Waals surface area (Å²) in [6.45, 7) is 11.3. The number of hydrogen-bond donors (Lipinski definition) is 2. The highest BCUT2D eigenvalue weighted by Crippen LogP contribution is 2.30. The number of benzene rings is 1. The molecule has 0 bridgehead atoms. The lowest BCUT2D eigenvalue weighted by Crippen LogP contribution is -2.49. The Morgan fingerprint density at radius 3 is 2.23 bits per heavy atom. The first-order valence-electron chi connectivity index (χ1n) is 10.9. The smallest absolute Gasteiger partial charge is 0.191 e. The quantitative estimate of drug-likeness (QED) is 0.474. The fraction of sp³-hybridized carbons (Fsp3) is 0.696. The van der Waals surface area contributed by atoms with Gasteiger partial charge in [-0.3, -0.25) is 4.99 Å². The summed E-state index contributed by atoms with van der Waals surface area (Å²) < 4.78 is 10.8. The summed E-state index contributed by atoms with van der Waals surface area (Å²) in [7, 11) is 7.60. The third-order valence-electron chi connectivity index (χ3n) is 5.29. The molecule has 2 N–H and O–H groups in total. The molecule has 1 heterocycles. The van der Waals surface area contributed by atoms with Crippen molar-refractivity contribution in [2.45, 2.75) is 39.7 Å². The van der Waals surface area contributed by atoms with Crippen molar-refractivity contribution < 1.29 is 9.47 Å². The number of anilines is 1. The lowest BCUT2D eigenvalue weighted by molar-refractivity contribution is 0.248. The number of nitrogens with one attached hydrogen (secondary N) is 2. The van der Waals surface area contributed by atoms with Crippen molar-refractivity contribution in [2.24, 2.45) is 10.4 Å². The van der Waals surface area contributed by atoms with Crippen LogP contribution in [0.5, 0.6) is 11.5 Å². The molecule has 1 aromatic rings. The van der Waals surface area contributed by atoms with E-state index in [0.717, 1.165) is 68.7 Å². The van der Waals surface area contributed by atoms with Crippen LogP contribution in [-0.2, 0) is 0 Å². The number of ether oxygens (including phenoxy) is 2. The maximum Gasteiger partial charge on any atom is 0.191 e. The van der Waals surface area contributed by atoms with Crippen LogP contribution in [0.4, 0.5) is 5.69 Å². The summed E-state index contributed by atoms with van der Waals surface area (Å²) >= 11 is 0. The summed E-state index contributed by atoms with van der Waals surface area (Å²) in [5.41, 5.74) is 1.29. The minimum atomic E-state index is 0.140. The molecule has 2 rings (SSSR count). The fourth-order valence-corrected chi connectivity index (χ4v) is 3.97. The summed E-state index contributed by atoms with van der Waals surface area (Å²) in [4.78, 5) is 9.49. The minimum absolute atomic E-state index is 0.140. The maximum absolute atomic E-state index is 5.42. The standard InChI is InChI=1S/C23H41N5O2/c1-8-24-22(25-16-23(2,3)17-27(4)5)26-18-9-11-28(12-10-18)19-13-20(29-6)15-21(14-19)30-7/h13-15,18H,8-12,16-17H2,1-7H3,(H2,24,25,26). The van der Waals surface area contributed by atoms with Crippen LogP contribution in [-0.4, -0.2) is 77.9 Å². The van der Waals surface area contributed by atoms with Crippen molar-refractivity contribution in [1.82, 2.24) is 15.5 Å². The van der Waals surface area contributed by atoms with E-state index < -0.39 is 0 Å². The molecule has 0 spiro atoms. The number of hydrogen-bond acceptors (Lipinski definition) is 5. The molecule has 7 nitrogen and oxygen atoms in total. The molecule has 1 aliphatic rings. The Balaban J connectivity index is 1.95. The van der Waals surface area contributed by atoms with Gasteiger partial charge in [-0.25, -0.2) is 0 Å². The molecule has 1 aliphatic heterocycles.